The fourth-order valence-electron chi connectivity index (χ4n) is 1.48. The fraction of sp³-hybridized carbons (Fsp3) is 1.00. The molecule has 0 radical (unpaired) electrons. The monoisotopic (exact) mass is 288 g/mol. The van der Waals surface area contributed by atoms with Crippen molar-refractivity contribution in [3.63, 3.8) is 0 Å². The van der Waals surface area contributed by atoms with E-state index in [0.29, 0.717) is 5.92 Å². The van der Waals surface area contributed by atoms with Crippen LogP contribution in [-0.2, 0) is 0 Å². The highest BCUT2D eigenvalue weighted by atomic mass is 79.9. The van der Waals surface area contributed by atoms with Crippen molar-refractivity contribution in [3.05, 3.63) is 0 Å². The Hall–Kier alpha value is 0.270. The zero-order valence-corrected chi connectivity index (χ0v) is 11.2. The van der Waals surface area contributed by atoms with Gasteiger partial charge in [0.25, 0.3) is 0 Å². The van der Waals surface area contributed by atoms with Crippen molar-refractivity contribution in [2.24, 2.45) is 11.8 Å². The summed E-state index contributed by atoms with van der Waals surface area (Å²) in [5.41, 5.74) is 0. The molecule has 0 aliphatic carbocycles. The summed E-state index contributed by atoms with van der Waals surface area (Å²) in [5, 5.41) is 0. The molecule has 0 aromatic carbocycles. The van der Waals surface area contributed by atoms with Crippen LogP contribution in [0.2, 0.25) is 0 Å². The van der Waals surface area contributed by atoms with E-state index in [2.05, 4.69) is 29.8 Å². The fourth-order valence-corrected chi connectivity index (χ4v) is 2.12. The minimum absolute atomic E-state index is 0.134. The van der Waals surface area contributed by atoms with E-state index in [9.17, 15) is 13.2 Å². The van der Waals surface area contributed by atoms with Crippen molar-refractivity contribution < 1.29 is 13.2 Å². The Labute approximate surface area is 98.8 Å². The minimum atomic E-state index is -4.10. The van der Waals surface area contributed by atoms with Gasteiger partial charge in [-0.1, -0.05) is 56.0 Å². The van der Waals surface area contributed by atoms with E-state index in [-0.39, 0.29) is 12.3 Å². The van der Waals surface area contributed by atoms with Crippen molar-refractivity contribution >= 4 is 15.9 Å². The van der Waals surface area contributed by atoms with Crippen LogP contribution < -0.4 is 0 Å². The average Bonchev–Trinajstić information content (AvgIpc) is 2.01. The molecule has 0 aromatic rings. The first-order valence-electron chi connectivity index (χ1n) is 5.44. The molecule has 0 spiro atoms. The van der Waals surface area contributed by atoms with E-state index in [1.54, 1.807) is 0 Å². The number of alkyl halides is 4. The number of hydrogen-bond acceptors (Lipinski definition) is 0. The number of hydrogen-bond donors (Lipinski definition) is 0. The maximum absolute atomic E-state index is 12.2. The molecule has 4 heteroatoms. The SMILES string of the molecule is CC(C)CCCC(C)CC(Br)C(F)(F)F. The summed E-state index contributed by atoms with van der Waals surface area (Å²) in [6.45, 7) is 6.15. The summed E-state index contributed by atoms with van der Waals surface area (Å²) in [4.78, 5) is -1.35. The second-order valence-electron chi connectivity index (χ2n) is 4.67. The first-order valence-corrected chi connectivity index (χ1v) is 6.35. The minimum Gasteiger partial charge on any atom is -0.170 e. The second-order valence-corrected chi connectivity index (χ2v) is 5.78. The predicted molar refractivity (Wildman–Crippen MR) is 61.2 cm³/mol. The molecule has 92 valence electrons. The van der Waals surface area contributed by atoms with Crippen LogP contribution in [0.25, 0.3) is 0 Å². The standard InChI is InChI=1S/C11H20BrF3/c1-8(2)5-4-6-9(3)7-10(12)11(13,14)15/h8-10H,4-7H2,1-3H3. The smallest absolute Gasteiger partial charge is 0.170 e. The van der Waals surface area contributed by atoms with E-state index in [1.807, 2.05) is 6.92 Å². The van der Waals surface area contributed by atoms with E-state index in [0.717, 1.165) is 19.3 Å². The summed E-state index contributed by atoms with van der Waals surface area (Å²) in [5.74, 6) is 0.773. The normalized spacial score (nSPS) is 16.8. The third-order valence-corrected chi connectivity index (χ3v) is 3.34. The third kappa shape index (κ3) is 8.12. The predicted octanol–water partition coefficient (Wildman–Crippen LogP) is 5.16. The lowest BCUT2D eigenvalue weighted by molar-refractivity contribution is -0.130. The molecule has 0 rings (SSSR count). The topological polar surface area (TPSA) is 0 Å². The summed E-state index contributed by atoms with van der Waals surface area (Å²) < 4.78 is 36.6. The Morgan fingerprint density at radius 2 is 1.60 bits per heavy atom. The first-order chi connectivity index (χ1) is 6.73. The van der Waals surface area contributed by atoms with Gasteiger partial charge in [-0.2, -0.15) is 13.2 Å². The molecule has 15 heavy (non-hydrogen) atoms. The quantitative estimate of drug-likeness (QED) is 0.592. The Kier molecular flexibility index (Phi) is 6.89. The molecule has 2 atom stereocenters. The molecular weight excluding hydrogens is 269 g/mol. The molecule has 0 heterocycles. The lowest BCUT2D eigenvalue weighted by atomic mass is 9.96. The molecule has 0 nitrogen and oxygen atoms in total. The van der Waals surface area contributed by atoms with Gasteiger partial charge >= 0.3 is 6.18 Å². The summed E-state index contributed by atoms with van der Waals surface area (Å²) >= 11 is 2.69. The van der Waals surface area contributed by atoms with Crippen LogP contribution in [0, 0.1) is 11.8 Å². The van der Waals surface area contributed by atoms with Crippen LogP contribution in [0.4, 0.5) is 13.2 Å². The van der Waals surface area contributed by atoms with Gasteiger partial charge in [-0.05, 0) is 18.3 Å². The zero-order chi connectivity index (χ0) is 12.1. The Bertz CT molecular complexity index is 166. The van der Waals surface area contributed by atoms with Gasteiger partial charge in [0.15, 0.2) is 0 Å². The van der Waals surface area contributed by atoms with Crippen molar-refractivity contribution in [1.29, 1.82) is 0 Å². The van der Waals surface area contributed by atoms with Crippen molar-refractivity contribution in [3.8, 4) is 0 Å². The van der Waals surface area contributed by atoms with E-state index in [1.165, 1.54) is 0 Å². The molecule has 0 aromatic heterocycles. The van der Waals surface area contributed by atoms with Crippen molar-refractivity contribution in [2.45, 2.75) is 57.5 Å². The molecule has 0 aliphatic heterocycles. The Balaban J connectivity index is 3.69. The van der Waals surface area contributed by atoms with Crippen molar-refractivity contribution in [2.75, 3.05) is 0 Å². The van der Waals surface area contributed by atoms with Gasteiger partial charge < -0.3 is 0 Å². The number of rotatable bonds is 6. The molecule has 0 saturated carbocycles. The third-order valence-electron chi connectivity index (χ3n) is 2.44. The summed E-state index contributed by atoms with van der Waals surface area (Å²) in [6.07, 6.45) is -0.913. The molecule has 0 aliphatic rings. The highest BCUT2D eigenvalue weighted by Gasteiger charge is 2.37. The highest BCUT2D eigenvalue weighted by molar-refractivity contribution is 9.09. The average molecular weight is 289 g/mol. The van der Waals surface area contributed by atoms with Crippen LogP contribution in [-0.4, -0.2) is 11.0 Å². The van der Waals surface area contributed by atoms with Gasteiger partial charge in [0.2, 0.25) is 0 Å². The van der Waals surface area contributed by atoms with Crippen LogP contribution in [0.3, 0.4) is 0 Å². The molecular formula is C11H20BrF3. The van der Waals surface area contributed by atoms with Gasteiger partial charge in [0, 0.05) is 0 Å². The van der Waals surface area contributed by atoms with Gasteiger partial charge in [-0.25, -0.2) is 0 Å². The summed E-state index contributed by atoms with van der Waals surface area (Å²) in [7, 11) is 0. The maximum Gasteiger partial charge on any atom is 0.401 e. The Morgan fingerprint density at radius 3 is 2.00 bits per heavy atom. The summed E-state index contributed by atoms with van der Waals surface area (Å²) in [6, 6.07) is 0. The van der Waals surface area contributed by atoms with E-state index < -0.39 is 11.0 Å². The van der Waals surface area contributed by atoms with Gasteiger partial charge in [0.05, 0.1) is 0 Å². The van der Waals surface area contributed by atoms with Crippen LogP contribution in [0.1, 0.15) is 46.5 Å². The van der Waals surface area contributed by atoms with Crippen LogP contribution in [0.15, 0.2) is 0 Å². The Morgan fingerprint density at radius 1 is 1.07 bits per heavy atom. The van der Waals surface area contributed by atoms with Crippen LogP contribution >= 0.6 is 15.9 Å². The molecule has 0 fully saturated rings. The zero-order valence-electron chi connectivity index (χ0n) is 9.57. The number of halogens is 4. The molecule has 0 bridgehead atoms. The molecule has 0 amide bonds. The lowest BCUT2D eigenvalue weighted by Crippen LogP contribution is -2.24. The van der Waals surface area contributed by atoms with E-state index >= 15 is 0 Å². The van der Waals surface area contributed by atoms with Gasteiger partial charge in [0.1, 0.15) is 4.83 Å². The van der Waals surface area contributed by atoms with Crippen molar-refractivity contribution in [1.82, 2.24) is 0 Å². The van der Waals surface area contributed by atoms with Gasteiger partial charge in [-0.3, -0.25) is 0 Å². The van der Waals surface area contributed by atoms with Crippen LogP contribution in [0.5, 0.6) is 0 Å². The lowest BCUT2D eigenvalue weighted by Gasteiger charge is -2.18. The largest absolute Gasteiger partial charge is 0.401 e. The van der Waals surface area contributed by atoms with E-state index in [4.69, 9.17) is 0 Å². The first kappa shape index (κ1) is 15.3. The van der Waals surface area contributed by atoms with Gasteiger partial charge in [-0.15, -0.1) is 0 Å². The maximum atomic E-state index is 12.2. The molecule has 0 N–H and O–H groups in total. The highest BCUT2D eigenvalue weighted by Crippen LogP contribution is 2.32. The molecule has 2 unspecified atom stereocenters. The second kappa shape index (κ2) is 6.77. The molecule has 0 saturated heterocycles.